The molecule has 0 radical (unpaired) electrons. The minimum atomic E-state index is -2.47. The molecule has 1 N–H and O–H groups in total. The molecule has 5 nitrogen and oxygen atoms in total. The van der Waals surface area contributed by atoms with Crippen molar-refractivity contribution in [2.24, 2.45) is 4.36 Å². The number of rotatable bonds is 3. The molecule has 2 fully saturated rings. The number of hydrogen-bond donors (Lipinski definition) is 1. The Hall–Kier alpha value is -1.11. The minimum Gasteiger partial charge on any atom is -0.481 e. The topological polar surface area (TPSA) is 67.8 Å². The number of ether oxygens (including phenoxy) is 1. The Morgan fingerprint density at radius 2 is 2.12 bits per heavy atom. The third-order valence-corrected chi connectivity index (χ3v) is 7.28. The van der Waals surface area contributed by atoms with E-state index in [0.717, 1.165) is 25.8 Å². The molecule has 0 saturated carbocycles. The molecule has 3 rings (SSSR count). The van der Waals surface area contributed by atoms with Crippen LogP contribution >= 0.6 is 11.6 Å². The summed E-state index contributed by atoms with van der Waals surface area (Å²) in [6, 6.07) is 6.85. The van der Waals surface area contributed by atoms with Crippen LogP contribution in [-0.4, -0.2) is 39.8 Å². The highest BCUT2D eigenvalue weighted by Crippen LogP contribution is 2.32. The highest BCUT2D eigenvalue weighted by molar-refractivity contribution is 7.93. The molecule has 2 aliphatic heterocycles. The number of hydrogen-bond acceptors (Lipinski definition) is 4. The molecule has 0 aromatic heterocycles. The molecule has 2 saturated heterocycles. The van der Waals surface area contributed by atoms with Crippen LogP contribution in [0.25, 0.3) is 0 Å². The number of nitrogens with zero attached hydrogens (tertiary/aromatic N) is 1. The van der Waals surface area contributed by atoms with Crippen molar-refractivity contribution < 1.29 is 13.7 Å². The number of nitrogens with one attached hydrogen (secondary N) is 1. The van der Waals surface area contributed by atoms with Gasteiger partial charge < -0.3 is 10.1 Å². The van der Waals surface area contributed by atoms with Crippen LogP contribution in [0.2, 0.25) is 5.02 Å². The van der Waals surface area contributed by atoms with Gasteiger partial charge in [0.25, 0.3) is 5.91 Å². The van der Waals surface area contributed by atoms with Crippen molar-refractivity contribution in [3.8, 4) is 5.75 Å². The van der Waals surface area contributed by atoms with Crippen molar-refractivity contribution in [3.63, 3.8) is 0 Å². The van der Waals surface area contributed by atoms with Gasteiger partial charge in [-0.25, -0.2) is 4.21 Å². The van der Waals surface area contributed by atoms with Crippen LogP contribution in [0.3, 0.4) is 0 Å². The first-order valence-corrected chi connectivity index (χ1v) is 10.6. The maximum Gasteiger partial charge on any atom is 0.294 e. The summed E-state index contributed by atoms with van der Waals surface area (Å²) in [5.74, 6) is 1.01. The van der Waals surface area contributed by atoms with Crippen LogP contribution < -0.4 is 10.1 Å². The predicted molar refractivity (Wildman–Crippen MR) is 96.1 cm³/mol. The summed E-state index contributed by atoms with van der Waals surface area (Å²) < 4.78 is 22.5. The Morgan fingerprint density at radius 3 is 2.75 bits per heavy atom. The molecular weight excluding hydrogens is 348 g/mol. The number of amides is 1. The zero-order valence-electron chi connectivity index (χ0n) is 13.8. The van der Waals surface area contributed by atoms with E-state index in [-0.39, 0.29) is 5.54 Å². The van der Waals surface area contributed by atoms with E-state index in [4.69, 9.17) is 16.3 Å². The van der Waals surface area contributed by atoms with Gasteiger partial charge in [0.15, 0.2) is 6.10 Å². The van der Waals surface area contributed by atoms with Crippen molar-refractivity contribution in [3.05, 3.63) is 29.3 Å². The number of carbonyl (C=O) groups excluding carboxylic acids is 1. The number of benzene rings is 1. The van der Waals surface area contributed by atoms with Crippen LogP contribution in [0.5, 0.6) is 5.75 Å². The van der Waals surface area contributed by atoms with Gasteiger partial charge in [0, 0.05) is 22.1 Å². The Morgan fingerprint density at radius 1 is 1.38 bits per heavy atom. The van der Waals surface area contributed by atoms with Gasteiger partial charge in [0.1, 0.15) is 5.75 Å². The SMILES string of the molecule is CC(Oc1cccc(Cl)c1)C(=O)N=S1(=O)CCC2(CCCN2)CC1. The summed E-state index contributed by atoms with van der Waals surface area (Å²) in [5, 5.41) is 4.07. The fourth-order valence-corrected chi connectivity index (χ4v) is 5.82. The second kappa shape index (κ2) is 7.02. The van der Waals surface area contributed by atoms with E-state index in [0.29, 0.717) is 22.3 Å². The van der Waals surface area contributed by atoms with Crippen LogP contribution in [-0.2, 0) is 14.5 Å². The van der Waals surface area contributed by atoms with Crippen LogP contribution in [0.4, 0.5) is 0 Å². The highest BCUT2D eigenvalue weighted by atomic mass is 35.5. The monoisotopic (exact) mass is 370 g/mol. The molecule has 2 aliphatic rings. The van der Waals surface area contributed by atoms with Gasteiger partial charge in [0.05, 0.1) is 9.73 Å². The molecule has 1 atom stereocenters. The van der Waals surface area contributed by atoms with E-state index in [9.17, 15) is 9.00 Å². The Balaban J connectivity index is 1.64. The second-order valence-corrected chi connectivity index (χ2v) is 9.62. The van der Waals surface area contributed by atoms with Crippen LogP contribution in [0.15, 0.2) is 28.6 Å². The molecule has 1 amide bonds. The summed E-state index contributed by atoms with van der Waals surface area (Å²) >= 11 is 5.90. The molecule has 2 heterocycles. The van der Waals surface area contributed by atoms with E-state index in [1.54, 1.807) is 31.2 Å². The molecule has 1 spiro atoms. The normalized spacial score (nSPS) is 30.9. The lowest BCUT2D eigenvalue weighted by molar-refractivity contribution is -0.123. The van der Waals surface area contributed by atoms with Gasteiger partial charge in [-0.3, -0.25) is 4.79 Å². The first kappa shape index (κ1) is 17.7. The Labute approximate surface area is 148 Å². The van der Waals surface area contributed by atoms with Crippen molar-refractivity contribution in [1.82, 2.24) is 5.32 Å². The summed E-state index contributed by atoms with van der Waals surface area (Å²) in [5.41, 5.74) is 0.127. The van der Waals surface area contributed by atoms with Gasteiger partial charge in [-0.15, -0.1) is 0 Å². The summed E-state index contributed by atoms with van der Waals surface area (Å²) in [6.45, 7) is 2.65. The zero-order valence-corrected chi connectivity index (χ0v) is 15.4. The highest BCUT2D eigenvalue weighted by Gasteiger charge is 2.38. The molecule has 0 aliphatic carbocycles. The Bertz CT molecular complexity index is 721. The first-order valence-electron chi connectivity index (χ1n) is 8.33. The van der Waals surface area contributed by atoms with Crippen LogP contribution in [0.1, 0.15) is 32.6 Å². The lowest BCUT2D eigenvalue weighted by atomic mass is 9.91. The second-order valence-electron chi connectivity index (χ2n) is 6.64. The quantitative estimate of drug-likeness (QED) is 0.888. The van der Waals surface area contributed by atoms with Crippen molar-refractivity contribution in [1.29, 1.82) is 0 Å². The third-order valence-electron chi connectivity index (χ3n) is 4.84. The number of carbonyl (C=O) groups is 1. The Kier molecular flexibility index (Phi) is 5.18. The molecule has 1 aromatic rings. The molecule has 132 valence electrons. The molecule has 7 heteroatoms. The van der Waals surface area contributed by atoms with Gasteiger partial charge in [-0.2, -0.15) is 4.36 Å². The number of halogens is 1. The summed E-state index contributed by atoms with van der Waals surface area (Å²) in [6.07, 6.45) is 3.17. The van der Waals surface area contributed by atoms with Crippen LogP contribution in [0, 0.1) is 0 Å². The fourth-order valence-electron chi connectivity index (χ4n) is 3.36. The lowest BCUT2D eigenvalue weighted by Gasteiger charge is -2.34. The maximum absolute atomic E-state index is 12.9. The van der Waals surface area contributed by atoms with Gasteiger partial charge in [-0.1, -0.05) is 17.7 Å². The first-order chi connectivity index (χ1) is 11.4. The zero-order chi connectivity index (χ0) is 17.2. The van der Waals surface area contributed by atoms with Gasteiger partial charge in [-0.05, 0) is 57.4 Å². The summed E-state index contributed by atoms with van der Waals surface area (Å²) in [4.78, 5) is 12.3. The third kappa shape index (κ3) is 4.10. The van der Waals surface area contributed by atoms with Crippen molar-refractivity contribution in [2.75, 3.05) is 18.1 Å². The minimum absolute atomic E-state index is 0.127. The fraction of sp³-hybridized carbons (Fsp3) is 0.588. The van der Waals surface area contributed by atoms with E-state index >= 15 is 0 Å². The molecular formula is C17H23ClN2O3S. The largest absolute Gasteiger partial charge is 0.481 e. The summed E-state index contributed by atoms with van der Waals surface area (Å²) in [7, 11) is -2.47. The van der Waals surface area contributed by atoms with E-state index in [2.05, 4.69) is 9.68 Å². The maximum atomic E-state index is 12.9. The van der Waals surface area contributed by atoms with E-state index < -0.39 is 21.7 Å². The molecule has 1 unspecified atom stereocenters. The average Bonchev–Trinajstić information content (AvgIpc) is 3.00. The van der Waals surface area contributed by atoms with E-state index in [1.807, 2.05) is 0 Å². The van der Waals surface area contributed by atoms with Gasteiger partial charge >= 0.3 is 0 Å². The molecule has 24 heavy (non-hydrogen) atoms. The lowest BCUT2D eigenvalue weighted by Crippen LogP contribution is -2.46. The van der Waals surface area contributed by atoms with E-state index in [1.165, 1.54) is 6.42 Å². The predicted octanol–water partition coefficient (Wildman–Crippen LogP) is 3.02. The van der Waals surface area contributed by atoms with Crippen molar-refractivity contribution >= 4 is 27.2 Å². The molecule has 1 aromatic carbocycles. The standard InChI is InChI=1S/C17H23ClN2O3S/c1-13(23-15-5-2-4-14(18)12-15)16(21)20-24(22)10-7-17(8-11-24)6-3-9-19-17/h2,4-5,12-13,19H,3,6-11H2,1H3. The smallest absolute Gasteiger partial charge is 0.294 e. The van der Waals surface area contributed by atoms with Crippen molar-refractivity contribution in [2.45, 2.75) is 44.2 Å². The average molecular weight is 371 g/mol. The molecule has 0 bridgehead atoms. The van der Waals surface area contributed by atoms with Gasteiger partial charge in [0.2, 0.25) is 0 Å².